The molecule has 30 heavy (non-hydrogen) atoms. The fourth-order valence-corrected chi connectivity index (χ4v) is 3.66. The molecule has 1 fully saturated rings. The number of ether oxygens (including phenoxy) is 3. The van der Waals surface area contributed by atoms with Crippen LogP contribution in [0.5, 0.6) is 17.2 Å². The number of hydrogen-bond donors (Lipinski definition) is 0. The van der Waals surface area contributed by atoms with Gasteiger partial charge in [0, 0.05) is 24.4 Å². The van der Waals surface area contributed by atoms with Crippen molar-refractivity contribution < 1.29 is 14.2 Å². The largest absolute Gasteiger partial charge is 0.490 e. The molecule has 0 saturated carbocycles. The monoisotopic (exact) mass is 404 g/mol. The van der Waals surface area contributed by atoms with Crippen LogP contribution >= 0.6 is 0 Å². The Hall–Kier alpha value is -3.53. The van der Waals surface area contributed by atoms with Crippen molar-refractivity contribution in [2.75, 3.05) is 31.2 Å². The maximum Gasteiger partial charge on any atom is 0.163 e. The molecule has 2 aromatic carbocycles. The average Bonchev–Trinajstić information content (AvgIpc) is 3.23. The third-order valence-electron chi connectivity index (χ3n) is 5.01. The van der Waals surface area contributed by atoms with Crippen molar-refractivity contribution in [1.82, 2.24) is 9.97 Å². The van der Waals surface area contributed by atoms with E-state index in [9.17, 15) is 0 Å². The Morgan fingerprint density at radius 2 is 1.80 bits per heavy atom. The van der Waals surface area contributed by atoms with Crippen molar-refractivity contribution in [1.29, 1.82) is 5.26 Å². The number of anilines is 1. The second-order valence-corrected chi connectivity index (χ2v) is 6.99. The van der Waals surface area contributed by atoms with Gasteiger partial charge < -0.3 is 19.1 Å². The summed E-state index contributed by atoms with van der Waals surface area (Å²) in [6.45, 7) is 6.58. The van der Waals surface area contributed by atoms with Crippen molar-refractivity contribution in [3.05, 3.63) is 48.3 Å². The fourth-order valence-electron chi connectivity index (χ4n) is 3.66. The molecule has 1 saturated heterocycles. The first kappa shape index (κ1) is 19.8. The van der Waals surface area contributed by atoms with Gasteiger partial charge in [0.2, 0.25) is 0 Å². The fraction of sp³-hybridized carbons (Fsp3) is 0.348. The van der Waals surface area contributed by atoms with Crippen LogP contribution in [-0.2, 0) is 0 Å². The van der Waals surface area contributed by atoms with Gasteiger partial charge in [-0.05, 0) is 44.2 Å². The maximum absolute atomic E-state index is 8.93. The van der Waals surface area contributed by atoms with Gasteiger partial charge in [-0.25, -0.2) is 9.97 Å². The van der Waals surface area contributed by atoms with E-state index >= 15 is 0 Å². The maximum atomic E-state index is 8.93. The van der Waals surface area contributed by atoms with Crippen LogP contribution in [0.4, 0.5) is 5.82 Å². The minimum Gasteiger partial charge on any atom is -0.490 e. The van der Waals surface area contributed by atoms with Gasteiger partial charge >= 0.3 is 0 Å². The molecule has 7 heteroatoms. The number of hydrogen-bond acceptors (Lipinski definition) is 7. The Morgan fingerprint density at radius 1 is 1.07 bits per heavy atom. The quantitative estimate of drug-likeness (QED) is 0.590. The van der Waals surface area contributed by atoms with E-state index in [0.717, 1.165) is 42.0 Å². The van der Waals surface area contributed by atoms with Crippen molar-refractivity contribution in [2.45, 2.75) is 26.4 Å². The second-order valence-electron chi connectivity index (χ2n) is 6.99. The van der Waals surface area contributed by atoms with Crippen molar-refractivity contribution in [3.8, 4) is 23.3 Å². The van der Waals surface area contributed by atoms with E-state index in [4.69, 9.17) is 19.5 Å². The molecule has 1 atom stereocenters. The first-order chi connectivity index (χ1) is 14.7. The highest BCUT2D eigenvalue weighted by atomic mass is 16.5. The molecule has 7 nitrogen and oxygen atoms in total. The molecule has 0 spiro atoms. The summed E-state index contributed by atoms with van der Waals surface area (Å²) < 4.78 is 17.6. The highest BCUT2D eigenvalue weighted by Gasteiger charge is 2.27. The Bertz CT molecular complexity index is 1060. The number of aromatic nitrogens is 2. The van der Waals surface area contributed by atoms with Gasteiger partial charge in [0.25, 0.3) is 0 Å². The molecule has 1 aromatic heterocycles. The highest BCUT2D eigenvalue weighted by Crippen LogP contribution is 2.36. The average molecular weight is 404 g/mol. The van der Waals surface area contributed by atoms with E-state index in [0.29, 0.717) is 30.3 Å². The molecule has 154 valence electrons. The van der Waals surface area contributed by atoms with Gasteiger partial charge in [-0.3, -0.25) is 0 Å². The smallest absolute Gasteiger partial charge is 0.163 e. The van der Waals surface area contributed by atoms with Crippen LogP contribution in [0.1, 0.15) is 25.8 Å². The van der Waals surface area contributed by atoms with Gasteiger partial charge in [0.15, 0.2) is 11.5 Å². The van der Waals surface area contributed by atoms with Gasteiger partial charge in [0.1, 0.15) is 24.0 Å². The molecule has 4 rings (SSSR count). The summed E-state index contributed by atoms with van der Waals surface area (Å²) in [6, 6.07) is 13.2. The van der Waals surface area contributed by atoms with Crippen LogP contribution in [0.3, 0.4) is 0 Å². The molecule has 1 aliphatic heterocycles. The van der Waals surface area contributed by atoms with E-state index in [1.807, 2.05) is 38.1 Å². The first-order valence-electron chi connectivity index (χ1n) is 10.2. The number of nitriles is 1. The molecule has 0 radical (unpaired) electrons. The molecule has 3 aromatic rings. The standard InChI is InChI=1S/C23H24N4O3/c1-3-28-21-11-19-20(12-22(21)29-4-2)25-15-26-23(19)27-10-9-18(14-27)30-17-7-5-16(13-24)6-8-17/h5-8,11-12,15,18H,3-4,9-10,14H2,1-2H3. The molecule has 0 amide bonds. The van der Waals surface area contributed by atoms with Crippen LogP contribution < -0.4 is 19.1 Å². The topological polar surface area (TPSA) is 80.5 Å². The van der Waals surface area contributed by atoms with E-state index < -0.39 is 0 Å². The van der Waals surface area contributed by atoms with Crippen LogP contribution in [-0.4, -0.2) is 42.4 Å². The number of rotatable bonds is 7. The third kappa shape index (κ3) is 4.08. The minimum absolute atomic E-state index is 0.0528. The summed E-state index contributed by atoms with van der Waals surface area (Å²) in [4.78, 5) is 11.2. The summed E-state index contributed by atoms with van der Waals surface area (Å²) in [5.41, 5.74) is 1.45. The molecule has 0 bridgehead atoms. The van der Waals surface area contributed by atoms with Crippen LogP contribution in [0.25, 0.3) is 10.9 Å². The van der Waals surface area contributed by atoms with E-state index in [1.54, 1.807) is 18.5 Å². The van der Waals surface area contributed by atoms with E-state index in [2.05, 4.69) is 20.9 Å². The minimum atomic E-state index is 0.0528. The molecule has 2 heterocycles. The van der Waals surface area contributed by atoms with Crippen molar-refractivity contribution in [2.24, 2.45) is 0 Å². The van der Waals surface area contributed by atoms with Crippen LogP contribution in [0.2, 0.25) is 0 Å². The predicted molar refractivity (Wildman–Crippen MR) is 114 cm³/mol. The molecular formula is C23H24N4O3. The van der Waals surface area contributed by atoms with Crippen molar-refractivity contribution >= 4 is 16.7 Å². The van der Waals surface area contributed by atoms with E-state index in [1.165, 1.54) is 0 Å². The van der Waals surface area contributed by atoms with E-state index in [-0.39, 0.29) is 6.10 Å². The Morgan fingerprint density at radius 3 is 2.50 bits per heavy atom. The molecule has 1 unspecified atom stereocenters. The lowest BCUT2D eigenvalue weighted by Gasteiger charge is -2.20. The van der Waals surface area contributed by atoms with Gasteiger partial charge in [-0.15, -0.1) is 0 Å². The zero-order chi connectivity index (χ0) is 20.9. The van der Waals surface area contributed by atoms with Crippen molar-refractivity contribution in [3.63, 3.8) is 0 Å². The first-order valence-corrected chi connectivity index (χ1v) is 10.2. The second kappa shape index (κ2) is 8.87. The summed E-state index contributed by atoms with van der Waals surface area (Å²) in [7, 11) is 0. The lowest BCUT2D eigenvalue weighted by Crippen LogP contribution is -2.25. The van der Waals surface area contributed by atoms with Crippen LogP contribution in [0, 0.1) is 11.3 Å². The lowest BCUT2D eigenvalue weighted by molar-refractivity contribution is 0.225. The Labute approximate surface area is 175 Å². The summed E-state index contributed by atoms with van der Waals surface area (Å²) in [6.07, 6.45) is 2.53. The van der Waals surface area contributed by atoms with Gasteiger partial charge in [-0.2, -0.15) is 5.26 Å². The number of benzene rings is 2. The Balaban J connectivity index is 1.56. The SMILES string of the molecule is CCOc1cc2ncnc(N3CCC(Oc4ccc(C#N)cc4)C3)c2cc1OCC. The summed E-state index contributed by atoms with van der Waals surface area (Å²) in [5.74, 6) is 3.04. The van der Waals surface area contributed by atoms with Gasteiger partial charge in [0.05, 0.1) is 36.9 Å². The highest BCUT2D eigenvalue weighted by molar-refractivity contribution is 5.92. The molecule has 0 aliphatic carbocycles. The number of nitrogens with zero attached hydrogens (tertiary/aromatic N) is 4. The summed E-state index contributed by atoms with van der Waals surface area (Å²) >= 11 is 0. The molecule has 1 aliphatic rings. The Kier molecular flexibility index (Phi) is 5.84. The van der Waals surface area contributed by atoms with Crippen LogP contribution in [0.15, 0.2) is 42.7 Å². The third-order valence-corrected chi connectivity index (χ3v) is 5.01. The van der Waals surface area contributed by atoms with Gasteiger partial charge in [-0.1, -0.05) is 0 Å². The predicted octanol–water partition coefficient (Wildman–Crippen LogP) is 3.96. The zero-order valence-electron chi connectivity index (χ0n) is 17.2. The number of fused-ring (bicyclic) bond motifs is 1. The molecular weight excluding hydrogens is 380 g/mol. The lowest BCUT2D eigenvalue weighted by atomic mass is 10.2. The zero-order valence-corrected chi connectivity index (χ0v) is 17.2. The molecule has 0 N–H and O–H groups in total. The normalized spacial score (nSPS) is 15.8. The summed E-state index contributed by atoms with van der Waals surface area (Å²) in [5, 5.41) is 9.87.